The number of rotatable bonds is 8. The molecule has 0 radical (unpaired) electrons. The first-order chi connectivity index (χ1) is 9.17. The molecule has 0 aliphatic heterocycles. The molecule has 0 aromatic heterocycles. The van der Waals surface area contributed by atoms with E-state index >= 15 is 0 Å². The van der Waals surface area contributed by atoms with Gasteiger partial charge in [-0.1, -0.05) is 11.6 Å². The summed E-state index contributed by atoms with van der Waals surface area (Å²) in [5.41, 5.74) is 1.13. The Morgan fingerprint density at radius 2 is 2.26 bits per heavy atom. The number of anilines is 1. The third-order valence-electron chi connectivity index (χ3n) is 2.37. The van der Waals surface area contributed by atoms with Crippen molar-refractivity contribution in [3.8, 4) is 6.07 Å². The number of hydrogen-bond donors (Lipinski definition) is 2. The van der Waals surface area contributed by atoms with E-state index < -0.39 is 6.10 Å². The van der Waals surface area contributed by atoms with E-state index in [1.54, 1.807) is 25.3 Å². The summed E-state index contributed by atoms with van der Waals surface area (Å²) >= 11 is 5.98. The summed E-state index contributed by atoms with van der Waals surface area (Å²) in [6, 6.07) is 6.95. The third kappa shape index (κ3) is 5.90. The number of benzene rings is 1. The lowest BCUT2D eigenvalue weighted by Crippen LogP contribution is -2.25. The standard InChI is InChI=1S/C13H17ClN2O3/c1-18-4-5-19-9-11(17)8-16-13-6-10(7-15)2-3-12(13)14/h2-3,6,11,16-17H,4-5,8-9H2,1H3. The smallest absolute Gasteiger partial charge is 0.0992 e. The minimum atomic E-state index is -0.654. The van der Waals surface area contributed by atoms with Crippen molar-refractivity contribution in [2.24, 2.45) is 0 Å². The summed E-state index contributed by atoms with van der Waals surface area (Å²) in [5.74, 6) is 0. The fourth-order valence-electron chi connectivity index (χ4n) is 1.38. The predicted molar refractivity (Wildman–Crippen MR) is 73.4 cm³/mol. The molecule has 6 heteroatoms. The molecule has 1 aromatic rings. The second-order valence-electron chi connectivity index (χ2n) is 3.91. The molecule has 1 rings (SSSR count). The van der Waals surface area contributed by atoms with Crippen LogP contribution in [0.5, 0.6) is 0 Å². The molecule has 0 aliphatic rings. The van der Waals surface area contributed by atoms with Crippen LogP contribution in [0.4, 0.5) is 5.69 Å². The first-order valence-electron chi connectivity index (χ1n) is 5.85. The van der Waals surface area contributed by atoms with E-state index in [0.717, 1.165) is 0 Å². The Kier molecular flexibility index (Phi) is 7.23. The Bertz CT molecular complexity index is 434. The van der Waals surface area contributed by atoms with Crippen molar-refractivity contribution in [3.05, 3.63) is 28.8 Å². The van der Waals surface area contributed by atoms with Crippen LogP contribution in [-0.4, -0.2) is 44.7 Å². The van der Waals surface area contributed by atoms with Crippen LogP contribution in [-0.2, 0) is 9.47 Å². The van der Waals surface area contributed by atoms with Crippen LogP contribution >= 0.6 is 11.6 Å². The monoisotopic (exact) mass is 284 g/mol. The van der Waals surface area contributed by atoms with Crippen molar-refractivity contribution < 1.29 is 14.6 Å². The highest BCUT2D eigenvalue weighted by molar-refractivity contribution is 6.33. The van der Waals surface area contributed by atoms with Gasteiger partial charge in [-0.05, 0) is 18.2 Å². The zero-order chi connectivity index (χ0) is 14.1. The number of nitrogens with zero attached hydrogens (tertiary/aromatic N) is 1. The minimum absolute atomic E-state index is 0.214. The molecule has 0 heterocycles. The zero-order valence-corrected chi connectivity index (χ0v) is 11.5. The highest BCUT2D eigenvalue weighted by atomic mass is 35.5. The van der Waals surface area contributed by atoms with E-state index in [4.69, 9.17) is 26.3 Å². The van der Waals surface area contributed by atoms with Crippen LogP contribution < -0.4 is 5.32 Å². The van der Waals surface area contributed by atoms with Crippen LogP contribution in [0, 0.1) is 11.3 Å². The van der Waals surface area contributed by atoms with Crippen LogP contribution in [0.1, 0.15) is 5.56 Å². The van der Waals surface area contributed by atoms with Gasteiger partial charge in [-0.25, -0.2) is 0 Å². The first kappa shape index (κ1) is 15.7. The van der Waals surface area contributed by atoms with Gasteiger partial charge in [0.1, 0.15) is 0 Å². The average molecular weight is 285 g/mol. The van der Waals surface area contributed by atoms with Gasteiger partial charge in [-0.15, -0.1) is 0 Å². The Labute approximate surface area is 117 Å². The summed E-state index contributed by atoms with van der Waals surface area (Å²) in [6.45, 7) is 1.45. The maximum atomic E-state index is 9.69. The van der Waals surface area contributed by atoms with Gasteiger partial charge in [0.15, 0.2) is 0 Å². The molecule has 5 nitrogen and oxygen atoms in total. The average Bonchev–Trinajstić information content (AvgIpc) is 2.43. The lowest BCUT2D eigenvalue weighted by atomic mass is 10.2. The molecule has 1 aromatic carbocycles. The van der Waals surface area contributed by atoms with Gasteiger partial charge in [0.2, 0.25) is 0 Å². The quantitative estimate of drug-likeness (QED) is 0.710. The lowest BCUT2D eigenvalue weighted by Gasteiger charge is -2.14. The van der Waals surface area contributed by atoms with Crippen molar-refractivity contribution in [2.45, 2.75) is 6.10 Å². The van der Waals surface area contributed by atoms with Crippen LogP contribution in [0.25, 0.3) is 0 Å². The molecule has 19 heavy (non-hydrogen) atoms. The van der Waals surface area contributed by atoms with Gasteiger partial charge >= 0.3 is 0 Å². The molecular weight excluding hydrogens is 268 g/mol. The molecule has 0 spiro atoms. The van der Waals surface area contributed by atoms with E-state index in [0.29, 0.717) is 36.0 Å². The van der Waals surface area contributed by atoms with Crippen molar-refractivity contribution in [1.82, 2.24) is 0 Å². The zero-order valence-electron chi connectivity index (χ0n) is 10.7. The lowest BCUT2D eigenvalue weighted by molar-refractivity contribution is 0.0182. The van der Waals surface area contributed by atoms with E-state index in [9.17, 15) is 5.11 Å². The van der Waals surface area contributed by atoms with Crippen LogP contribution in [0.2, 0.25) is 5.02 Å². The highest BCUT2D eigenvalue weighted by Gasteiger charge is 2.06. The van der Waals surface area contributed by atoms with Crippen molar-refractivity contribution in [3.63, 3.8) is 0 Å². The minimum Gasteiger partial charge on any atom is -0.389 e. The molecule has 0 bridgehead atoms. The SMILES string of the molecule is COCCOCC(O)CNc1cc(C#N)ccc1Cl. The maximum Gasteiger partial charge on any atom is 0.0992 e. The Balaban J connectivity index is 2.37. The fraction of sp³-hybridized carbons (Fsp3) is 0.462. The molecule has 0 amide bonds. The second kappa shape index (κ2) is 8.73. The van der Waals surface area contributed by atoms with E-state index in [2.05, 4.69) is 5.32 Å². The number of hydrogen-bond acceptors (Lipinski definition) is 5. The molecule has 2 N–H and O–H groups in total. The highest BCUT2D eigenvalue weighted by Crippen LogP contribution is 2.22. The summed E-state index contributed by atoms with van der Waals surface area (Å²) in [6.07, 6.45) is -0.654. The van der Waals surface area contributed by atoms with E-state index in [1.807, 2.05) is 6.07 Å². The molecule has 0 saturated heterocycles. The maximum absolute atomic E-state index is 9.69. The van der Waals surface area contributed by atoms with Crippen LogP contribution in [0.15, 0.2) is 18.2 Å². The summed E-state index contributed by atoms with van der Waals surface area (Å²) < 4.78 is 10.0. The largest absolute Gasteiger partial charge is 0.389 e. The second-order valence-corrected chi connectivity index (χ2v) is 4.32. The Morgan fingerprint density at radius 3 is 2.95 bits per heavy atom. The topological polar surface area (TPSA) is 74.5 Å². The van der Waals surface area contributed by atoms with Crippen LogP contribution in [0.3, 0.4) is 0 Å². The third-order valence-corrected chi connectivity index (χ3v) is 2.70. The van der Waals surface area contributed by atoms with Gasteiger partial charge in [-0.3, -0.25) is 0 Å². The number of nitriles is 1. The van der Waals surface area contributed by atoms with Crippen molar-refractivity contribution >= 4 is 17.3 Å². The number of methoxy groups -OCH3 is 1. The normalized spacial score (nSPS) is 11.9. The van der Waals surface area contributed by atoms with Gasteiger partial charge < -0.3 is 19.9 Å². The van der Waals surface area contributed by atoms with E-state index in [1.165, 1.54) is 0 Å². The fourth-order valence-corrected chi connectivity index (χ4v) is 1.56. The van der Waals surface area contributed by atoms with Gasteiger partial charge in [0.05, 0.1) is 48.3 Å². The molecule has 1 atom stereocenters. The number of aliphatic hydroxyl groups excluding tert-OH is 1. The number of aliphatic hydroxyl groups is 1. The summed E-state index contributed by atoms with van der Waals surface area (Å²) in [7, 11) is 1.59. The molecule has 1 unspecified atom stereocenters. The molecule has 0 fully saturated rings. The number of halogens is 1. The number of ether oxygens (including phenoxy) is 2. The number of nitrogens with one attached hydrogen (secondary N) is 1. The molecule has 104 valence electrons. The van der Waals surface area contributed by atoms with E-state index in [-0.39, 0.29) is 6.61 Å². The molecule has 0 saturated carbocycles. The predicted octanol–water partition coefficient (Wildman–Crippen LogP) is 1.65. The van der Waals surface area contributed by atoms with Gasteiger partial charge in [0.25, 0.3) is 0 Å². The molecule has 0 aliphatic carbocycles. The van der Waals surface area contributed by atoms with Crippen molar-refractivity contribution in [2.75, 3.05) is 38.8 Å². The summed E-state index contributed by atoms with van der Waals surface area (Å²) in [4.78, 5) is 0. The van der Waals surface area contributed by atoms with Gasteiger partial charge in [-0.2, -0.15) is 5.26 Å². The van der Waals surface area contributed by atoms with Gasteiger partial charge in [0, 0.05) is 13.7 Å². The summed E-state index contributed by atoms with van der Waals surface area (Å²) in [5, 5.41) is 22.0. The van der Waals surface area contributed by atoms with Crippen molar-refractivity contribution in [1.29, 1.82) is 5.26 Å². The molecular formula is C13H17ClN2O3. The Hall–Kier alpha value is -1.32. The first-order valence-corrected chi connectivity index (χ1v) is 6.23. The Morgan fingerprint density at radius 1 is 1.47 bits per heavy atom.